The highest BCUT2D eigenvalue weighted by molar-refractivity contribution is 8.00. The van der Waals surface area contributed by atoms with Gasteiger partial charge in [0.1, 0.15) is 0 Å². The molecule has 0 aliphatic heterocycles. The van der Waals surface area contributed by atoms with Crippen LogP contribution in [0.2, 0.25) is 0 Å². The van der Waals surface area contributed by atoms with E-state index in [0.717, 1.165) is 39.6 Å². The van der Waals surface area contributed by atoms with Crippen molar-refractivity contribution in [3.63, 3.8) is 0 Å². The Morgan fingerprint density at radius 1 is 1.10 bits per heavy atom. The van der Waals surface area contributed by atoms with Crippen molar-refractivity contribution in [3.8, 4) is 11.3 Å². The average Bonchev–Trinajstić information content (AvgIpc) is 3.51. The molecule has 1 heterocycles. The fraction of sp³-hybridized carbons (Fsp3) is 0.261. The number of aryl methyl sites for hydroxylation is 2. The number of carbonyl (C=O) groups excluding carboxylic acids is 2. The van der Waals surface area contributed by atoms with Gasteiger partial charge in [-0.2, -0.15) is 0 Å². The van der Waals surface area contributed by atoms with Crippen molar-refractivity contribution in [2.24, 2.45) is 5.92 Å². The Kier molecular flexibility index (Phi) is 6.20. The van der Waals surface area contributed by atoms with Crippen molar-refractivity contribution >= 4 is 45.7 Å². The lowest BCUT2D eigenvalue weighted by molar-refractivity contribution is -0.117. The van der Waals surface area contributed by atoms with E-state index in [-0.39, 0.29) is 23.5 Å². The van der Waals surface area contributed by atoms with E-state index in [0.29, 0.717) is 5.13 Å². The zero-order valence-corrected chi connectivity index (χ0v) is 18.5. The van der Waals surface area contributed by atoms with E-state index >= 15 is 0 Å². The van der Waals surface area contributed by atoms with E-state index in [4.69, 9.17) is 0 Å². The molecule has 2 aromatic carbocycles. The minimum atomic E-state index is -0.100. The van der Waals surface area contributed by atoms with Crippen LogP contribution in [0, 0.1) is 19.8 Å². The maximum absolute atomic E-state index is 12.4. The fourth-order valence-electron chi connectivity index (χ4n) is 2.99. The van der Waals surface area contributed by atoms with Gasteiger partial charge in [0, 0.05) is 26.9 Å². The number of thioether (sulfide) groups is 1. The maximum atomic E-state index is 12.4. The molecule has 1 aromatic heterocycles. The number of aromatic nitrogens is 1. The molecular formula is C23H23N3O2S2. The maximum Gasteiger partial charge on any atom is 0.236 e. The van der Waals surface area contributed by atoms with Gasteiger partial charge in [0.05, 0.1) is 11.4 Å². The minimum Gasteiger partial charge on any atom is -0.326 e. The third-order valence-electron chi connectivity index (χ3n) is 4.79. The Bertz CT molecular complexity index is 1070. The largest absolute Gasteiger partial charge is 0.326 e. The van der Waals surface area contributed by atoms with Gasteiger partial charge in [0.15, 0.2) is 5.13 Å². The highest BCUT2D eigenvalue weighted by Crippen LogP contribution is 2.32. The number of anilines is 2. The number of thiazole rings is 1. The molecule has 4 rings (SSSR count). The number of rotatable bonds is 7. The second-order valence-electron chi connectivity index (χ2n) is 7.42. The van der Waals surface area contributed by atoms with Crippen LogP contribution >= 0.6 is 23.1 Å². The lowest BCUT2D eigenvalue weighted by Gasteiger charge is -2.07. The molecule has 30 heavy (non-hydrogen) atoms. The van der Waals surface area contributed by atoms with Crippen molar-refractivity contribution in [2.45, 2.75) is 31.6 Å². The zero-order chi connectivity index (χ0) is 21.1. The van der Waals surface area contributed by atoms with Crippen molar-refractivity contribution in [1.82, 2.24) is 4.98 Å². The van der Waals surface area contributed by atoms with Crippen LogP contribution in [-0.2, 0) is 9.59 Å². The monoisotopic (exact) mass is 437 g/mol. The fourth-order valence-corrected chi connectivity index (χ4v) is 4.59. The van der Waals surface area contributed by atoms with E-state index < -0.39 is 0 Å². The number of carbonyl (C=O) groups is 2. The van der Waals surface area contributed by atoms with Gasteiger partial charge in [-0.15, -0.1) is 23.1 Å². The summed E-state index contributed by atoms with van der Waals surface area (Å²) in [6.45, 7) is 4.07. The van der Waals surface area contributed by atoms with Gasteiger partial charge < -0.3 is 10.6 Å². The molecule has 2 N–H and O–H groups in total. The van der Waals surface area contributed by atoms with Crippen molar-refractivity contribution < 1.29 is 9.59 Å². The summed E-state index contributed by atoms with van der Waals surface area (Å²) in [7, 11) is 0. The second-order valence-corrected chi connectivity index (χ2v) is 9.67. The van der Waals surface area contributed by atoms with E-state index in [1.165, 1.54) is 28.7 Å². The van der Waals surface area contributed by atoms with Gasteiger partial charge in [-0.1, -0.05) is 35.9 Å². The Morgan fingerprint density at radius 2 is 1.87 bits per heavy atom. The molecule has 0 unspecified atom stereocenters. The topological polar surface area (TPSA) is 71.1 Å². The van der Waals surface area contributed by atoms with Crippen LogP contribution in [0.15, 0.2) is 53.4 Å². The first-order valence-corrected chi connectivity index (χ1v) is 11.7. The van der Waals surface area contributed by atoms with Gasteiger partial charge in [0.25, 0.3) is 0 Å². The molecule has 1 aliphatic carbocycles. The molecule has 0 spiro atoms. The van der Waals surface area contributed by atoms with Gasteiger partial charge in [0.2, 0.25) is 11.8 Å². The Balaban J connectivity index is 1.33. The van der Waals surface area contributed by atoms with Gasteiger partial charge in [-0.25, -0.2) is 4.98 Å². The van der Waals surface area contributed by atoms with Crippen LogP contribution in [-0.4, -0.2) is 22.6 Å². The molecule has 1 fully saturated rings. The molecule has 0 saturated heterocycles. The van der Waals surface area contributed by atoms with E-state index in [2.05, 4.69) is 34.7 Å². The number of hydrogen-bond acceptors (Lipinski definition) is 5. The van der Waals surface area contributed by atoms with Crippen LogP contribution in [0.5, 0.6) is 0 Å². The molecule has 0 bridgehead atoms. The molecule has 154 valence electrons. The lowest BCUT2D eigenvalue weighted by atomic mass is 10.1. The number of amides is 2. The summed E-state index contributed by atoms with van der Waals surface area (Å²) < 4.78 is 0. The third-order valence-corrected chi connectivity index (χ3v) is 6.67. The summed E-state index contributed by atoms with van der Waals surface area (Å²) in [5.74, 6) is 0.423. The van der Waals surface area contributed by atoms with Crippen molar-refractivity contribution in [1.29, 1.82) is 0 Å². The van der Waals surface area contributed by atoms with E-state index in [1.54, 1.807) is 0 Å². The second kappa shape index (κ2) is 9.02. The minimum absolute atomic E-state index is 0.0819. The lowest BCUT2D eigenvalue weighted by Crippen LogP contribution is -2.14. The first kappa shape index (κ1) is 20.6. The van der Waals surface area contributed by atoms with Crippen molar-refractivity contribution in [3.05, 3.63) is 59.0 Å². The summed E-state index contributed by atoms with van der Waals surface area (Å²) >= 11 is 2.92. The van der Waals surface area contributed by atoms with Crippen LogP contribution in [0.4, 0.5) is 10.8 Å². The summed E-state index contributed by atoms with van der Waals surface area (Å²) in [6, 6.07) is 15.8. The van der Waals surface area contributed by atoms with Crippen LogP contribution in [0.25, 0.3) is 11.3 Å². The number of hydrogen-bond donors (Lipinski definition) is 2. The number of nitrogens with zero attached hydrogens (tertiary/aromatic N) is 1. The Hall–Kier alpha value is -2.64. The SMILES string of the molecule is Cc1ccc(-c2nc(NC(=O)CSc3cccc(NC(=O)C4CC4)c3)sc2C)cc1. The molecule has 7 heteroatoms. The summed E-state index contributed by atoms with van der Waals surface area (Å²) in [6.07, 6.45) is 1.95. The Morgan fingerprint density at radius 3 is 2.60 bits per heavy atom. The quantitative estimate of drug-likeness (QED) is 0.478. The molecule has 0 atom stereocenters. The van der Waals surface area contributed by atoms with Crippen molar-refractivity contribution in [2.75, 3.05) is 16.4 Å². The first-order chi connectivity index (χ1) is 14.5. The van der Waals surface area contributed by atoms with Gasteiger partial charge in [-0.05, 0) is 44.9 Å². The predicted molar refractivity (Wildman–Crippen MR) is 124 cm³/mol. The standard InChI is InChI=1S/C23H23N3O2S2/c1-14-6-8-16(9-7-14)21-15(2)30-23(26-21)25-20(27)13-29-19-5-3-4-18(12-19)24-22(28)17-10-11-17/h3-9,12,17H,10-11,13H2,1-2H3,(H,24,28)(H,25,26,27). The molecule has 3 aromatic rings. The molecule has 1 saturated carbocycles. The third kappa shape index (κ3) is 5.29. The van der Waals surface area contributed by atoms with Gasteiger partial charge in [-0.3, -0.25) is 9.59 Å². The normalized spacial score (nSPS) is 13.1. The summed E-state index contributed by atoms with van der Waals surface area (Å²) in [5, 5.41) is 6.45. The number of benzene rings is 2. The average molecular weight is 438 g/mol. The summed E-state index contributed by atoms with van der Waals surface area (Å²) in [4.78, 5) is 30.9. The van der Waals surface area contributed by atoms with Crippen LogP contribution in [0.3, 0.4) is 0 Å². The van der Waals surface area contributed by atoms with E-state index in [9.17, 15) is 9.59 Å². The van der Waals surface area contributed by atoms with Gasteiger partial charge >= 0.3 is 0 Å². The summed E-state index contributed by atoms with van der Waals surface area (Å²) in [5.41, 5.74) is 3.93. The van der Waals surface area contributed by atoms with Crippen LogP contribution < -0.4 is 10.6 Å². The van der Waals surface area contributed by atoms with Crippen LogP contribution in [0.1, 0.15) is 23.3 Å². The highest BCUT2D eigenvalue weighted by atomic mass is 32.2. The van der Waals surface area contributed by atoms with E-state index in [1.807, 2.05) is 43.3 Å². The highest BCUT2D eigenvalue weighted by Gasteiger charge is 2.29. The Labute approximate surface area is 184 Å². The predicted octanol–water partition coefficient (Wildman–Crippen LogP) is 5.51. The number of nitrogens with one attached hydrogen (secondary N) is 2. The smallest absolute Gasteiger partial charge is 0.236 e. The molecule has 0 radical (unpaired) electrons. The first-order valence-electron chi connectivity index (χ1n) is 9.86. The molecule has 1 aliphatic rings. The zero-order valence-electron chi connectivity index (χ0n) is 16.9. The molecule has 5 nitrogen and oxygen atoms in total. The molecule has 2 amide bonds. The molecular weight excluding hydrogens is 414 g/mol.